The molecule has 4 aromatic rings. The fourth-order valence-electron chi connectivity index (χ4n) is 3.59. The van der Waals surface area contributed by atoms with Gasteiger partial charge in [0.25, 0.3) is 0 Å². The summed E-state index contributed by atoms with van der Waals surface area (Å²) < 4.78 is 22.5. The third-order valence-corrected chi connectivity index (χ3v) is 5.22. The zero-order chi connectivity index (χ0) is 21.8. The number of cyclic esters (lactones) is 1. The van der Waals surface area contributed by atoms with Gasteiger partial charge < -0.3 is 18.7 Å². The summed E-state index contributed by atoms with van der Waals surface area (Å²) in [4.78, 5) is 13.9. The van der Waals surface area contributed by atoms with Crippen LogP contribution in [0, 0.1) is 0 Å². The Morgan fingerprint density at radius 3 is 2.41 bits per heavy atom. The van der Waals surface area contributed by atoms with E-state index in [1.54, 1.807) is 6.07 Å². The molecule has 1 fully saturated rings. The third-order valence-electron chi connectivity index (χ3n) is 5.22. The average Bonchev–Trinajstić information content (AvgIpc) is 3.41. The van der Waals surface area contributed by atoms with Crippen molar-refractivity contribution in [2.45, 2.75) is 19.3 Å². The van der Waals surface area contributed by atoms with Crippen molar-refractivity contribution in [3.63, 3.8) is 0 Å². The molecule has 1 atom stereocenters. The van der Waals surface area contributed by atoms with Crippen molar-refractivity contribution in [1.29, 1.82) is 0 Å². The fraction of sp³-hybridized carbons (Fsp3) is 0.200. The molecular weight excluding hydrogens is 408 g/mol. The smallest absolute Gasteiger partial charge is 0.416 e. The highest BCUT2D eigenvalue weighted by Crippen LogP contribution is 2.32. The van der Waals surface area contributed by atoms with Gasteiger partial charge in [0.15, 0.2) is 11.4 Å². The van der Waals surface area contributed by atoms with Crippen molar-refractivity contribution < 1.29 is 23.5 Å². The molecule has 3 aromatic carbocycles. The number of aromatic nitrogens is 1. The van der Waals surface area contributed by atoms with Gasteiger partial charge in [-0.25, -0.2) is 4.79 Å². The van der Waals surface area contributed by atoms with Gasteiger partial charge in [-0.3, -0.25) is 4.90 Å². The van der Waals surface area contributed by atoms with Crippen molar-refractivity contribution in [1.82, 2.24) is 5.16 Å². The van der Waals surface area contributed by atoms with Crippen LogP contribution in [-0.2, 0) is 22.7 Å². The monoisotopic (exact) mass is 430 g/mol. The highest BCUT2D eigenvalue weighted by atomic mass is 16.6. The second-order valence-electron chi connectivity index (χ2n) is 7.56. The van der Waals surface area contributed by atoms with Crippen molar-refractivity contribution in [3.8, 4) is 5.75 Å². The molecule has 162 valence electrons. The van der Waals surface area contributed by atoms with Crippen molar-refractivity contribution in [3.05, 3.63) is 90.0 Å². The van der Waals surface area contributed by atoms with Crippen LogP contribution in [0.2, 0.25) is 0 Å². The molecule has 1 aliphatic rings. The lowest BCUT2D eigenvalue weighted by atomic mass is 10.2. The molecule has 2 heterocycles. The maximum atomic E-state index is 12.4. The molecule has 7 heteroatoms. The minimum atomic E-state index is -0.460. The highest BCUT2D eigenvalue weighted by molar-refractivity contribution is 5.99. The normalized spacial score (nSPS) is 15.8. The van der Waals surface area contributed by atoms with E-state index in [-0.39, 0.29) is 6.10 Å². The molecule has 5 rings (SSSR count). The van der Waals surface area contributed by atoms with Gasteiger partial charge in [0.2, 0.25) is 0 Å². The predicted octanol–water partition coefficient (Wildman–Crippen LogP) is 4.95. The second-order valence-corrected chi connectivity index (χ2v) is 7.56. The number of fused-ring (bicyclic) bond motifs is 1. The molecule has 7 nitrogen and oxygen atoms in total. The van der Waals surface area contributed by atoms with Crippen LogP contribution < -0.4 is 9.64 Å². The van der Waals surface area contributed by atoms with E-state index in [1.165, 1.54) is 4.90 Å². The molecule has 0 radical (unpaired) electrons. The first kappa shape index (κ1) is 20.1. The first-order valence-corrected chi connectivity index (χ1v) is 10.4. The maximum Gasteiger partial charge on any atom is 0.416 e. The van der Waals surface area contributed by atoms with Crippen LogP contribution in [0.3, 0.4) is 0 Å². The molecule has 0 bridgehead atoms. The maximum absolute atomic E-state index is 12.4. The number of benzene rings is 3. The fourth-order valence-corrected chi connectivity index (χ4v) is 3.59. The summed E-state index contributed by atoms with van der Waals surface area (Å²) in [7, 11) is 0. The molecule has 1 aromatic heterocycles. The minimum Gasteiger partial charge on any atom is -0.489 e. The molecule has 0 aliphatic carbocycles. The zero-order valence-electron chi connectivity index (χ0n) is 17.3. The van der Waals surface area contributed by atoms with Gasteiger partial charge in [-0.2, -0.15) is 0 Å². The van der Waals surface area contributed by atoms with Gasteiger partial charge in [0.1, 0.15) is 18.5 Å². The lowest BCUT2D eigenvalue weighted by Gasteiger charge is -2.10. The van der Waals surface area contributed by atoms with Crippen LogP contribution >= 0.6 is 0 Å². The number of rotatable bonds is 8. The number of nitrogens with zero attached hydrogens (tertiary/aromatic N) is 2. The second kappa shape index (κ2) is 9.11. The number of anilines is 1. The summed E-state index contributed by atoms with van der Waals surface area (Å²) in [5, 5.41) is 4.83. The average molecular weight is 430 g/mol. The summed E-state index contributed by atoms with van der Waals surface area (Å²) in [5.74, 6) is 1.10. The molecule has 1 saturated heterocycles. The molecule has 0 spiro atoms. The van der Waals surface area contributed by atoms with Crippen LogP contribution in [-0.4, -0.2) is 30.5 Å². The van der Waals surface area contributed by atoms with Gasteiger partial charge >= 0.3 is 6.09 Å². The lowest BCUT2D eigenvalue weighted by molar-refractivity contribution is 0.0381. The number of amides is 1. The van der Waals surface area contributed by atoms with Crippen LogP contribution in [0.1, 0.15) is 11.1 Å². The Labute approximate surface area is 185 Å². The predicted molar refractivity (Wildman–Crippen MR) is 118 cm³/mol. The molecule has 32 heavy (non-hydrogen) atoms. The summed E-state index contributed by atoms with van der Waals surface area (Å²) in [6.07, 6.45) is -0.829. The summed E-state index contributed by atoms with van der Waals surface area (Å²) >= 11 is 0. The van der Waals surface area contributed by atoms with Crippen molar-refractivity contribution >= 4 is 22.9 Å². The molecule has 0 saturated carbocycles. The zero-order valence-corrected chi connectivity index (χ0v) is 17.3. The lowest BCUT2D eigenvalue weighted by Crippen LogP contribution is -2.26. The van der Waals surface area contributed by atoms with E-state index in [2.05, 4.69) is 5.16 Å². The summed E-state index contributed by atoms with van der Waals surface area (Å²) in [5.41, 5.74) is 2.69. The van der Waals surface area contributed by atoms with Gasteiger partial charge in [-0.1, -0.05) is 65.8 Å². The first-order valence-electron chi connectivity index (χ1n) is 10.4. The molecule has 1 amide bonds. The Kier molecular flexibility index (Phi) is 5.72. The van der Waals surface area contributed by atoms with Gasteiger partial charge in [0.05, 0.1) is 25.1 Å². The van der Waals surface area contributed by atoms with Crippen molar-refractivity contribution in [2.24, 2.45) is 0 Å². The van der Waals surface area contributed by atoms with E-state index in [0.717, 1.165) is 16.5 Å². The first-order chi connectivity index (χ1) is 15.8. The number of hydrogen-bond acceptors (Lipinski definition) is 6. The van der Waals surface area contributed by atoms with Gasteiger partial charge in [0, 0.05) is 6.07 Å². The van der Waals surface area contributed by atoms with E-state index in [0.29, 0.717) is 43.5 Å². The van der Waals surface area contributed by atoms with E-state index in [4.69, 9.17) is 18.7 Å². The number of carbonyl (C=O) groups excluding carboxylic acids is 1. The quantitative estimate of drug-likeness (QED) is 0.394. The van der Waals surface area contributed by atoms with E-state index in [9.17, 15) is 4.79 Å². The van der Waals surface area contributed by atoms with Gasteiger partial charge in [-0.05, 0) is 23.3 Å². The SMILES string of the molecule is O=C1O[C@H](COCc2ccccc2)CN1c1noc2cc(OCc3ccccc3)ccc12. The molecule has 0 unspecified atom stereocenters. The molecule has 1 aliphatic heterocycles. The Hall–Kier alpha value is -3.84. The Morgan fingerprint density at radius 1 is 0.938 bits per heavy atom. The standard InChI is InChI=1S/C25H22N2O5/c28-25-27(14-21(31-25)17-29-15-18-7-3-1-4-8-18)24-22-12-11-20(13-23(22)32-26-24)30-16-19-9-5-2-6-10-19/h1-13,21H,14-17H2/t21-/m0/s1. The summed E-state index contributed by atoms with van der Waals surface area (Å²) in [6.45, 7) is 1.58. The Morgan fingerprint density at radius 2 is 1.66 bits per heavy atom. The van der Waals surface area contributed by atoms with Gasteiger partial charge in [-0.15, -0.1) is 0 Å². The Balaban J connectivity index is 1.21. The topological polar surface area (TPSA) is 74.0 Å². The van der Waals surface area contributed by atoms with E-state index < -0.39 is 6.09 Å². The third kappa shape index (κ3) is 4.43. The van der Waals surface area contributed by atoms with Crippen LogP contribution in [0.4, 0.5) is 10.6 Å². The summed E-state index contributed by atoms with van der Waals surface area (Å²) in [6, 6.07) is 25.2. The van der Waals surface area contributed by atoms with Crippen molar-refractivity contribution in [2.75, 3.05) is 18.1 Å². The molecule has 0 N–H and O–H groups in total. The van der Waals surface area contributed by atoms with E-state index in [1.807, 2.05) is 72.8 Å². The van der Waals surface area contributed by atoms with E-state index >= 15 is 0 Å². The highest BCUT2D eigenvalue weighted by Gasteiger charge is 2.35. The largest absolute Gasteiger partial charge is 0.489 e. The Bertz CT molecular complexity index is 1190. The van der Waals surface area contributed by atoms with Crippen LogP contribution in [0.15, 0.2) is 83.4 Å². The number of carbonyl (C=O) groups is 1. The van der Waals surface area contributed by atoms with Crippen LogP contribution in [0.25, 0.3) is 11.0 Å². The van der Waals surface area contributed by atoms with Crippen LogP contribution in [0.5, 0.6) is 5.75 Å². The molecular formula is C25H22N2O5. The number of ether oxygens (including phenoxy) is 3. The number of hydrogen-bond donors (Lipinski definition) is 0. The minimum absolute atomic E-state index is 0.310.